The molecule has 0 spiro atoms. The molecule has 128 valence electrons. The molecule has 2 rings (SSSR count). The summed E-state index contributed by atoms with van der Waals surface area (Å²) >= 11 is 2.15. The lowest BCUT2D eigenvalue weighted by molar-refractivity contribution is 0.423. The average molecular weight is 331 g/mol. The molecule has 0 nitrogen and oxygen atoms in total. The van der Waals surface area contributed by atoms with Gasteiger partial charge < -0.3 is 0 Å². The standard InChI is InChI=1S/C22H34S/c1-8-23-22(16-17-11-9-10-12-17)14-13-18(20(2,3)4)15-19(22)21(5,6)7/h9-11,13,15H,8,12,14,16H2,1-7H3. The van der Waals surface area contributed by atoms with Crippen LogP contribution >= 0.6 is 11.8 Å². The Morgan fingerprint density at radius 3 is 2.26 bits per heavy atom. The largest absolute Gasteiger partial charge is 0.150 e. The zero-order chi connectivity index (χ0) is 17.3. The van der Waals surface area contributed by atoms with Gasteiger partial charge in [-0.3, -0.25) is 0 Å². The van der Waals surface area contributed by atoms with Crippen molar-refractivity contribution in [1.82, 2.24) is 0 Å². The molecule has 0 amide bonds. The summed E-state index contributed by atoms with van der Waals surface area (Å²) < 4.78 is 0.236. The highest BCUT2D eigenvalue weighted by molar-refractivity contribution is 8.00. The lowest BCUT2D eigenvalue weighted by Gasteiger charge is -2.45. The summed E-state index contributed by atoms with van der Waals surface area (Å²) in [6, 6.07) is 0. The predicted molar refractivity (Wildman–Crippen MR) is 107 cm³/mol. The van der Waals surface area contributed by atoms with Crippen molar-refractivity contribution in [2.75, 3.05) is 5.75 Å². The smallest absolute Gasteiger partial charge is 0.0448 e. The van der Waals surface area contributed by atoms with Crippen LogP contribution in [-0.2, 0) is 0 Å². The lowest BCUT2D eigenvalue weighted by Crippen LogP contribution is -2.37. The first-order valence-corrected chi connectivity index (χ1v) is 9.99. The summed E-state index contributed by atoms with van der Waals surface area (Å²) in [6.07, 6.45) is 15.4. The van der Waals surface area contributed by atoms with Crippen LogP contribution in [0.5, 0.6) is 0 Å². The van der Waals surface area contributed by atoms with Crippen molar-refractivity contribution < 1.29 is 0 Å². The van der Waals surface area contributed by atoms with Crippen molar-refractivity contribution in [3.8, 4) is 0 Å². The number of hydrogen-bond donors (Lipinski definition) is 0. The van der Waals surface area contributed by atoms with E-state index in [-0.39, 0.29) is 15.6 Å². The Balaban J connectivity index is 2.44. The summed E-state index contributed by atoms with van der Waals surface area (Å²) in [5.74, 6) is 1.17. The molecule has 2 aliphatic rings. The minimum Gasteiger partial charge on any atom is -0.150 e. The molecule has 0 N–H and O–H groups in total. The molecule has 0 saturated carbocycles. The molecule has 1 unspecified atom stereocenters. The normalized spacial score (nSPS) is 25.3. The highest BCUT2D eigenvalue weighted by Gasteiger charge is 2.42. The maximum absolute atomic E-state index is 2.54. The monoisotopic (exact) mass is 330 g/mol. The minimum absolute atomic E-state index is 0.208. The van der Waals surface area contributed by atoms with Crippen LogP contribution in [-0.4, -0.2) is 10.5 Å². The van der Waals surface area contributed by atoms with Gasteiger partial charge in [0.15, 0.2) is 0 Å². The molecule has 23 heavy (non-hydrogen) atoms. The van der Waals surface area contributed by atoms with Crippen molar-refractivity contribution >= 4 is 11.8 Å². The van der Waals surface area contributed by atoms with Gasteiger partial charge in [0.25, 0.3) is 0 Å². The molecule has 0 saturated heterocycles. The van der Waals surface area contributed by atoms with Crippen LogP contribution in [0.4, 0.5) is 0 Å². The van der Waals surface area contributed by atoms with Crippen LogP contribution in [0.15, 0.2) is 47.1 Å². The Kier molecular flexibility index (Phi) is 5.41. The topological polar surface area (TPSA) is 0 Å². The molecule has 0 radical (unpaired) electrons. The molecule has 0 heterocycles. The summed E-state index contributed by atoms with van der Waals surface area (Å²) in [6.45, 7) is 16.5. The van der Waals surface area contributed by atoms with Gasteiger partial charge in [-0.2, -0.15) is 11.8 Å². The Hall–Kier alpha value is -0.690. The Morgan fingerprint density at radius 2 is 1.78 bits per heavy atom. The maximum Gasteiger partial charge on any atom is 0.0448 e. The molecule has 0 fully saturated rings. The quantitative estimate of drug-likeness (QED) is 0.529. The summed E-state index contributed by atoms with van der Waals surface area (Å²) in [5.41, 5.74) is 5.17. The van der Waals surface area contributed by atoms with E-state index in [1.807, 2.05) is 0 Å². The Bertz CT molecular complexity index is 558. The van der Waals surface area contributed by atoms with E-state index in [1.165, 1.54) is 24.2 Å². The van der Waals surface area contributed by atoms with Crippen molar-refractivity contribution in [1.29, 1.82) is 0 Å². The first-order chi connectivity index (χ1) is 10.6. The first-order valence-electron chi connectivity index (χ1n) is 9.00. The van der Waals surface area contributed by atoms with Crippen molar-refractivity contribution in [3.05, 3.63) is 47.1 Å². The number of allylic oxidation sites excluding steroid dienone is 7. The van der Waals surface area contributed by atoms with Crippen LogP contribution in [0.2, 0.25) is 0 Å². The highest BCUT2D eigenvalue weighted by Crippen LogP contribution is 2.53. The summed E-state index contributed by atoms with van der Waals surface area (Å²) in [7, 11) is 0. The van der Waals surface area contributed by atoms with Crippen LogP contribution < -0.4 is 0 Å². The fourth-order valence-corrected chi connectivity index (χ4v) is 5.34. The van der Waals surface area contributed by atoms with E-state index in [4.69, 9.17) is 0 Å². The fourth-order valence-electron chi connectivity index (χ4n) is 3.77. The second kappa shape index (κ2) is 6.67. The summed E-state index contributed by atoms with van der Waals surface area (Å²) in [5, 5.41) is 0. The van der Waals surface area contributed by atoms with Gasteiger partial charge in [-0.1, -0.05) is 84.4 Å². The molecule has 0 aromatic heterocycles. The van der Waals surface area contributed by atoms with Gasteiger partial charge in [0.1, 0.15) is 0 Å². The molecular formula is C22H34S. The van der Waals surface area contributed by atoms with E-state index in [9.17, 15) is 0 Å². The first kappa shape index (κ1) is 18.6. The number of thioether (sulfide) groups is 1. The van der Waals surface area contributed by atoms with Crippen molar-refractivity contribution in [3.63, 3.8) is 0 Å². The van der Waals surface area contributed by atoms with Gasteiger partial charge in [-0.25, -0.2) is 0 Å². The fraction of sp³-hybridized carbons (Fsp3) is 0.636. The van der Waals surface area contributed by atoms with Gasteiger partial charge in [0.2, 0.25) is 0 Å². The third kappa shape index (κ3) is 4.24. The second-order valence-electron chi connectivity index (χ2n) is 8.98. The van der Waals surface area contributed by atoms with Gasteiger partial charge >= 0.3 is 0 Å². The van der Waals surface area contributed by atoms with Gasteiger partial charge in [0.05, 0.1) is 0 Å². The maximum atomic E-state index is 2.54. The van der Waals surface area contributed by atoms with Crippen molar-refractivity contribution in [2.45, 2.75) is 72.5 Å². The van der Waals surface area contributed by atoms with E-state index in [1.54, 1.807) is 11.1 Å². The molecule has 0 aromatic carbocycles. The van der Waals surface area contributed by atoms with E-state index in [2.05, 4.69) is 90.6 Å². The number of hydrogen-bond acceptors (Lipinski definition) is 1. The molecule has 0 aliphatic heterocycles. The molecule has 1 atom stereocenters. The SMILES string of the molecule is CCSC1(CC2=CC=CC2)CC=C(C(C)(C)C)C=C1C(C)(C)C. The molecular weight excluding hydrogens is 296 g/mol. The minimum atomic E-state index is 0.208. The van der Waals surface area contributed by atoms with Gasteiger partial charge in [0, 0.05) is 4.75 Å². The zero-order valence-electron chi connectivity index (χ0n) is 16.1. The van der Waals surface area contributed by atoms with Gasteiger partial charge in [-0.05, 0) is 47.0 Å². The highest BCUT2D eigenvalue weighted by atomic mass is 32.2. The van der Waals surface area contributed by atoms with Crippen LogP contribution in [0.1, 0.15) is 67.7 Å². The molecule has 2 aliphatic carbocycles. The third-order valence-corrected chi connectivity index (χ3v) is 6.27. The molecule has 1 heteroatoms. The second-order valence-corrected chi connectivity index (χ2v) is 10.6. The average Bonchev–Trinajstić information content (AvgIpc) is 2.89. The summed E-state index contributed by atoms with van der Waals surface area (Å²) in [4.78, 5) is 0. The van der Waals surface area contributed by atoms with E-state index < -0.39 is 0 Å². The van der Waals surface area contributed by atoms with E-state index in [0.717, 1.165) is 6.42 Å². The lowest BCUT2D eigenvalue weighted by atomic mass is 9.68. The Labute approximate surface area is 148 Å². The van der Waals surface area contributed by atoms with Crippen LogP contribution in [0.3, 0.4) is 0 Å². The molecule has 0 aromatic rings. The zero-order valence-corrected chi connectivity index (χ0v) is 16.9. The molecule has 0 bridgehead atoms. The van der Waals surface area contributed by atoms with Crippen LogP contribution in [0, 0.1) is 10.8 Å². The third-order valence-electron chi connectivity index (χ3n) is 4.90. The predicted octanol–water partition coefficient (Wildman–Crippen LogP) is 7.10. The van der Waals surface area contributed by atoms with E-state index in [0.29, 0.717) is 0 Å². The van der Waals surface area contributed by atoms with Crippen molar-refractivity contribution in [2.24, 2.45) is 10.8 Å². The van der Waals surface area contributed by atoms with Crippen LogP contribution in [0.25, 0.3) is 0 Å². The van der Waals surface area contributed by atoms with E-state index >= 15 is 0 Å². The number of rotatable bonds is 4. The van der Waals surface area contributed by atoms with Gasteiger partial charge in [-0.15, -0.1) is 0 Å². The Morgan fingerprint density at radius 1 is 1.09 bits per heavy atom.